The molecule has 2 aliphatic heterocycles. The van der Waals surface area contributed by atoms with Crippen LogP contribution >= 0.6 is 0 Å². The maximum absolute atomic E-state index is 12.2. The molecule has 2 heterocycles. The molecule has 2 N–H and O–H groups in total. The number of hydrogen-bond donors (Lipinski definition) is 2. The van der Waals surface area contributed by atoms with Gasteiger partial charge in [-0.3, -0.25) is 14.4 Å². The van der Waals surface area contributed by atoms with Crippen LogP contribution in [0.2, 0.25) is 0 Å². The highest BCUT2D eigenvalue weighted by atomic mass is 16.7. The van der Waals surface area contributed by atoms with Crippen LogP contribution in [-0.4, -0.2) is 31.1 Å². The molecule has 8 nitrogen and oxygen atoms in total. The maximum atomic E-state index is 12.2. The molecule has 1 fully saturated rings. The Bertz CT molecular complexity index is 927. The number of ether oxygens (including phenoxy) is 2. The van der Waals surface area contributed by atoms with E-state index in [2.05, 4.69) is 10.6 Å². The monoisotopic (exact) mass is 367 g/mol. The molecule has 0 unspecified atom stereocenters. The quantitative estimate of drug-likeness (QED) is 0.810. The molecule has 138 valence electrons. The number of fused-ring (bicyclic) bond motifs is 1. The zero-order valence-corrected chi connectivity index (χ0v) is 14.4. The summed E-state index contributed by atoms with van der Waals surface area (Å²) in [6.07, 6.45) is 1.34. The van der Waals surface area contributed by atoms with Crippen LogP contribution in [0.15, 0.2) is 42.5 Å². The highest BCUT2D eigenvalue weighted by molar-refractivity contribution is 6.43. The van der Waals surface area contributed by atoms with Crippen LogP contribution in [0.1, 0.15) is 12.8 Å². The van der Waals surface area contributed by atoms with Gasteiger partial charge in [0.25, 0.3) is 0 Å². The Hall–Kier alpha value is -3.55. The number of benzene rings is 2. The Balaban J connectivity index is 1.41. The minimum absolute atomic E-state index is 0.0547. The van der Waals surface area contributed by atoms with Gasteiger partial charge in [-0.2, -0.15) is 0 Å². The summed E-state index contributed by atoms with van der Waals surface area (Å²) in [6.45, 7) is 0.782. The van der Waals surface area contributed by atoms with Crippen molar-refractivity contribution >= 4 is 34.8 Å². The lowest BCUT2D eigenvalue weighted by atomic mass is 10.2. The van der Waals surface area contributed by atoms with Gasteiger partial charge in [-0.25, -0.2) is 0 Å². The standard InChI is InChI=1S/C19H17N3O5/c23-17-5-2-8-22(17)14-4-1-3-12(9-14)20-18(24)19(25)21-13-6-7-15-16(10-13)27-11-26-15/h1,3-4,6-7,9-10H,2,5,8,11H2,(H,20,24)(H,21,25). The molecule has 8 heteroatoms. The number of nitrogens with one attached hydrogen (secondary N) is 2. The number of amides is 3. The second-order valence-corrected chi connectivity index (χ2v) is 6.18. The number of anilines is 3. The van der Waals surface area contributed by atoms with E-state index in [0.29, 0.717) is 41.5 Å². The van der Waals surface area contributed by atoms with E-state index in [1.54, 1.807) is 47.4 Å². The average molecular weight is 367 g/mol. The highest BCUT2D eigenvalue weighted by Gasteiger charge is 2.22. The summed E-state index contributed by atoms with van der Waals surface area (Å²) in [5, 5.41) is 5.07. The SMILES string of the molecule is O=C(Nc1cccc(N2CCCC2=O)c1)C(=O)Nc1ccc2c(c1)OCO2. The van der Waals surface area contributed by atoms with E-state index in [-0.39, 0.29) is 12.7 Å². The largest absolute Gasteiger partial charge is 0.454 e. The van der Waals surface area contributed by atoms with Gasteiger partial charge in [0.2, 0.25) is 12.7 Å². The van der Waals surface area contributed by atoms with Crippen LogP contribution in [0.5, 0.6) is 11.5 Å². The van der Waals surface area contributed by atoms with Gasteiger partial charge < -0.3 is 25.0 Å². The van der Waals surface area contributed by atoms with Crippen molar-refractivity contribution in [3.63, 3.8) is 0 Å². The molecule has 0 aromatic heterocycles. The first-order valence-corrected chi connectivity index (χ1v) is 8.52. The molecule has 0 aliphatic carbocycles. The first kappa shape index (κ1) is 16.9. The summed E-state index contributed by atoms with van der Waals surface area (Å²) >= 11 is 0. The smallest absolute Gasteiger partial charge is 0.314 e. The summed E-state index contributed by atoms with van der Waals surface area (Å²) in [4.78, 5) is 37.9. The number of rotatable bonds is 3. The van der Waals surface area contributed by atoms with E-state index < -0.39 is 11.8 Å². The molecule has 0 saturated carbocycles. The predicted octanol–water partition coefficient (Wildman–Crippen LogP) is 2.12. The van der Waals surface area contributed by atoms with Crippen molar-refractivity contribution in [1.29, 1.82) is 0 Å². The van der Waals surface area contributed by atoms with Crippen molar-refractivity contribution in [2.24, 2.45) is 0 Å². The van der Waals surface area contributed by atoms with Gasteiger partial charge in [0.15, 0.2) is 11.5 Å². The number of carbonyl (C=O) groups is 3. The summed E-state index contributed by atoms with van der Waals surface area (Å²) in [5.74, 6) is -0.463. The molecular formula is C19H17N3O5. The summed E-state index contributed by atoms with van der Waals surface area (Å²) in [5.41, 5.74) is 1.57. The molecule has 2 aliphatic rings. The van der Waals surface area contributed by atoms with Gasteiger partial charge in [-0.1, -0.05) is 6.07 Å². The molecule has 3 amide bonds. The Kier molecular flexibility index (Phi) is 4.37. The van der Waals surface area contributed by atoms with Crippen molar-refractivity contribution < 1.29 is 23.9 Å². The van der Waals surface area contributed by atoms with Crippen LogP contribution in [0, 0.1) is 0 Å². The fourth-order valence-electron chi connectivity index (χ4n) is 3.02. The molecule has 0 atom stereocenters. The molecule has 0 bridgehead atoms. The third-order valence-electron chi connectivity index (χ3n) is 4.33. The fraction of sp³-hybridized carbons (Fsp3) is 0.211. The van der Waals surface area contributed by atoms with Crippen molar-refractivity contribution in [2.75, 3.05) is 28.9 Å². The van der Waals surface area contributed by atoms with Crippen molar-refractivity contribution in [3.05, 3.63) is 42.5 Å². The third kappa shape index (κ3) is 3.55. The van der Waals surface area contributed by atoms with Crippen LogP contribution in [-0.2, 0) is 14.4 Å². The molecule has 4 rings (SSSR count). The van der Waals surface area contributed by atoms with Crippen LogP contribution < -0.4 is 25.0 Å². The second kappa shape index (κ2) is 6.99. The van der Waals surface area contributed by atoms with Gasteiger partial charge in [-0.05, 0) is 36.8 Å². The molecule has 0 spiro atoms. The zero-order valence-electron chi connectivity index (χ0n) is 14.4. The van der Waals surface area contributed by atoms with Crippen LogP contribution in [0.3, 0.4) is 0 Å². The molecular weight excluding hydrogens is 350 g/mol. The van der Waals surface area contributed by atoms with Crippen molar-refractivity contribution in [2.45, 2.75) is 12.8 Å². The molecule has 0 radical (unpaired) electrons. The summed E-state index contributed by atoms with van der Waals surface area (Å²) in [6, 6.07) is 11.7. The first-order chi connectivity index (χ1) is 13.1. The van der Waals surface area contributed by atoms with Crippen LogP contribution in [0.4, 0.5) is 17.1 Å². The van der Waals surface area contributed by atoms with Gasteiger partial charge in [-0.15, -0.1) is 0 Å². The fourth-order valence-corrected chi connectivity index (χ4v) is 3.02. The Morgan fingerprint density at radius 1 is 0.926 bits per heavy atom. The van der Waals surface area contributed by atoms with Gasteiger partial charge >= 0.3 is 11.8 Å². The predicted molar refractivity (Wildman–Crippen MR) is 97.9 cm³/mol. The number of carbonyl (C=O) groups excluding carboxylic acids is 3. The average Bonchev–Trinajstić information content (AvgIpc) is 3.30. The highest BCUT2D eigenvalue weighted by Crippen LogP contribution is 2.34. The summed E-state index contributed by atoms with van der Waals surface area (Å²) in [7, 11) is 0. The number of hydrogen-bond acceptors (Lipinski definition) is 5. The van der Waals surface area contributed by atoms with E-state index in [1.165, 1.54) is 0 Å². The zero-order chi connectivity index (χ0) is 18.8. The minimum atomic E-state index is -0.809. The lowest BCUT2D eigenvalue weighted by Crippen LogP contribution is -2.29. The summed E-state index contributed by atoms with van der Waals surface area (Å²) < 4.78 is 10.4. The van der Waals surface area contributed by atoms with Crippen molar-refractivity contribution in [1.82, 2.24) is 0 Å². The minimum Gasteiger partial charge on any atom is -0.454 e. The molecule has 27 heavy (non-hydrogen) atoms. The second-order valence-electron chi connectivity index (χ2n) is 6.18. The van der Waals surface area contributed by atoms with E-state index in [0.717, 1.165) is 6.42 Å². The number of nitrogens with zero attached hydrogens (tertiary/aromatic N) is 1. The van der Waals surface area contributed by atoms with Gasteiger partial charge in [0.05, 0.1) is 0 Å². The molecule has 2 aromatic rings. The lowest BCUT2D eigenvalue weighted by molar-refractivity contribution is -0.132. The van der Waals surface area contributed by atoms with Gasteiger partial charge in [0, 0.05) is 36.1 Å². The molecule has 2 aromatic carbocycles. The van der Waals surface area contributed by atoms with Gasteiger partial charge in [0.1, 0.15) is 0 Å². The Morgan fingerprint density at radius 3 is 2.41 bits per heavy atom. The molecule has 1 saturated heterocycles. The van der Waals surface area contributed by atoms with E-state index in [1.807, 2.05) is 0 Å². The van der Waals surface area contributed by atoms with Crippen LogP contribution in [0.25, 0.3) is 0 Å². The Labute approximate surface area is 155 Å². The third-order valence-corrected chi connectivity index (χ3v) is 4.33. The van der Waals surface area contributed by atoms with E-state index in [9.17, 15) is 14.4 Å². The Morgan fingerprint density at radius 2 is 1.67 bits per heavy atom. The van der Waals surface area contributed by atoms with Crippen molar-refractivity contribution in [3.8, 4) is 11.5 Å². The lowest BCUT2D eigenvalue weighted by Gasteiger charge is -2.16. The normalized spacial score (nSPS) is 15.0. The topological polar surface area (TPSA) is 97.0 Å². The maximum Gasteiger partial charge on any atom is 0.314 e. The van der Waals surface area contributed by atoms with E-state index in [4.69, 9.17) is 9.47 Å². The first-order valence-electron chi connectivity index (χ1n) is 8.52. The van der Waals surface area contributed by atoms with E-state index >= 15 is 0 Å².